The largest absolute Gasteiger partial charge is 0.467 e. The first-order chi connectivity index (χ1) is 8.41. The van der Waals surface area contributed by atoms with Crippen molar-refractivity contribution in [3.63, 3.8) is 0 Å². The van der Waals surface area contributed by atoms with Gasteiger partial charge in [0.25, 0.3) is 5.88 Å². The van der Waals surface area contributed by atoms with Gasteiger partial charge in [0, 0.05) is 11.1 Å². The van der Waals surface area contributed by atoms with Gasteiger partial charge in [-0.25, -0.2) is 0 Å². The van der Waals surface area contributed by atoms with Gasteiger partial charge >= 0.3 is 0 Å². The predicted molar refractivity (Wildman–Crippen MR) is 52.7 cm³/mol. The average Bonchev–Trinajstić information content (AvgIpc) is 2.68. The summed E-state index contributed by atoms with van der Waals surface area (Å²) in [5.74, 6) is 0.0818. The number of aromatic nitrogens is 2. The van der Waals surface area contributed by atoms with Crippen molar-refractivity contribution in [2.45, 2.75) is 19.1 Å². The molecule has 1 fully saturated rings. The molecule has 6 nitrogen and oxygen atoms in total. The molecule has 0 saturated carbocycles. The van der Waals surface area contributed by atoms with Gasteiger partial charge in [-0.1, -0.05) is 0 Å². The van der Waals surface area contributed by atoms with Crippen molar-refractivity contribution in [3.05, 3.63) is 6.20 Å². The van der Waals surface area contributed by atoms with Crippen LogP contribution in [-0.4, -0.2) is 35.0 Å². The molecular formula is C9H13N3O3. The highest BCUT2D eigenvalue weighted by Crippen LogP contribution is 2.25. The van der Waals surface area contributed by atoms with Crippen molar-refractivity contribution in [2.24, 2.45) is 6.98 Å². The molecule has 1 aromatic heterocycles. The maximum absolute atomic E-state index is 10.5. The first-order valence-electron chi connectivity index (χ1n) is 6.00. The number of aryl methyl sites for hydroxylation is 1. The molecule has 6 heteroatoms. The Kier molecular flexibility index (Phi) is 1.78. The maximum Gasteiger partial charge on any atom is 0.257 e. The SMILES string of the molecule is [2H]C([2H])([2H])n1cc(NC=O)c(O[C@@H]2CO[C@H]2C)n1. The molecule has 1 aliphatic heterocycles. The van der Waals surface area contributed by atoms with Crippen LogP contribution in [0.5, 0.6) is 5.88 Å². The van der Waals surface area contributed by atoms with Gasteiger partial charge in [0.15, 0.2) is 0 Å². The molecule has 2 rings (SSSR count). The fourth-order valence-corrected chi connectivity index (χ4v) is 1.25. The summed E-state index contributed by atoms with van der Waals surface area (Å²) >= 11 is 0. The molecule has 0 aromatic carbocycles. The second kappa shape index (κ2) is 3.90. The molecule has 0 aliphatic carbocycles. The zero-order chi connectivity index (χ0) is 13.3. The van der Waals surface area contributed by atoms with Crippen molar-refractivity contribution in [1.29, 1.82) is 0 Å². The van der Waals surface area contributed by atoms with Crippen LogP contribution in [0.25, 0.3) is 0 Å². The highest BCUT2D eigenvalue weighted by molar-refractivity contribution is 5.73. The van der Waals surface area contributed by atoms with Crippen molar-refractivity contribution < 1.29 is 18.4 Å². The van der Waals surface area contributed by atoms with E-state index >= 15 is 0 Å². The smallest absolute Gasteiger partial charge is 0.257 e. The van der Waals surface area contributed by atoms with E-state index in [1.165, 1.54) is 6.20 Å². The molecule has 1 N–H and O–H groups in total. The Morgan fingerprint density at radius 2 is 2.80 bits per heavy atom. The predicted octanol–water partition coefficient (Wildman–Crippen LogP) is 0.154. The fourth-order valence-electron chi connectivity index (χ4n) is 1.25. The minimum absolute atomic E-state index is 0.0769. The number of rotatable bonds is 4. The second-order valence-electron chi connectivity index (χ2n) is 3.25. The van der Waals surface area contributed by atoms with Crippen LogP contribution in [0.1, 0.15) is 11.0 Å². The van der Waals surface area contributed by atoms with E-state index in [0.717, 1.165) is 4.68 Å². The lowest BCUT2D eigenvalue weighted by Gasteiger charge is -2.33. The van der Waals surface area contributed by atoms with Crippen LogP contribution in [-0.2, 0) is 16.5 Å². The summed E-state index contributed by atoms with van der Waals surface area (Å²) in [4.78, 5) is 10.5. The van der Waals surface area contributed by atoms with Gasteiger partial charge in [0.1, 0.15) is 11.8 Å². The van der Waals surface area contributed by atoms with E-state index in [4.69, 9.17) is 13.6 Å². The topological polar surface area (TPSA) is 65.4 Å². The van der Waals surface area contributed by atoms with Crippen LogP contribution < -0.4 is 10.1 Å². The van der Waals surface area contributed by atoms with E-state index in [1.54, 1.807) is 0 Å². The number of nitrogens with zero attached hydrogens (tertiary/aromatic N) is 2. The van der Waals surface area contributed by atoms with Crippen LogP contribution in [0.4, 0.5) is 5.69 Å². The number of carbonyl (C=O) groups excluding carboxylic acids is 1. The van der Waals surface area contributed by atoms with Gasteiger partial charge in [0.05, 0.1) is 18.9 Å². The third-order valence-corrected chi connectivity index (χ3v) is 2.20. The number of ether oxygens (including phenoxy) is 2. The van der Waals surface area contributed by atoms with Crippen molar-refractivity contribution in [1.82, 2.24) is 9.78 Å². The summed E-state index contributed by atoms with van der Waals surface area (Å²) < 4.78 is 33.1. The Morgan fingerprint density at radius 3 is 3.33 bits per heavy atom. The maximum atomic E-state index is 10.5. The Balaban J connectivity index is 2.20. The van der Waals surface area contributed by atoms with Crippen LogP contribution in [0.3, 0.4) is 0 Å². The normalized spacial score (nSPS) is 28.2. The number of carbonyl (C=O) groups is 1. The first-order valence-corrected chi connectivity index (χ1v) is 4.50. The van der Waals surface area contributed by atoms with Crippen molar-refractivity contribution in [3.8, 4) is 5.88 Å². The lowest BCUT2D eigenvalue weighted by Crippen LogP contribution is -2.46. The highest BCUT2D eigenvalue weighted by Gasteiger charge is 2.31. The van der Waals surface area contributed by atoms with Crippen molar-refractivity contribution >= 4 is 12.1 Å². The van der Waals surface area contributed by atoms with E-state index in [9.17, 15) is 4.79 Å². The molecule has 0 bridgehead atoms. The monoisotopic (exact) mass is 214 g/mol. The van der Waals surface area contributed by atoms with Gasteiger partial charge in [-0.3, -0.25) is 9.48 Å². The second-order valence-corrected chi connectivity index (χ2v) is 3.25. The zero-order valence-electron chi connectivity index (χ0n) is 11.1. The number of anilines is 1. The molecule has 2 atom stereocenters. The number of hydrogen-bond donors (Lipinski definition) is 1. The Bertz CT molecular complexity index is 446. The molecule has 82 valence electrons. The molecular weight excluding hydrogens is 198 g/mol. The number of nitrogens with one attached hydrogen (secondary N) is 1. The molecule has 0 spiro atoms. The van der Waals surface area contributed by atoms with Gasteiger partial charge in [0.2, 0.25) is 6.41 Å². The van der Waals surface area contributed by atoms with Crippen molar-refractivity contribution in [2.75, 3.05) is 11.9 Å². The molecule has 1 amide bonds. The van der Waals surface area contributed by atoms with Gasteiger partial charge in [-0.05, 0) is 6.92 Å². The lowest BCUT2D eigenvalue weighted by atomic mass is 10.2. The molecule has 1 saturated heterocycles. The van der Waals surface area contributed by atoms with E-state index in [-0.39, 0.29) is 23.8 Å². The van der Waals surface area contributed by atoms with E-state index in [0.29, 0.717) is 13.0 Å². The van der Waals surface area contributed by atoms with E-state index in [2.05, 4.69) is 10.4 Å². The standard InChI is InChI=1S/C9H13N3O3/c1-6-8(4-14-6)15-9-7(10-5-13)3-12(2)11-9/h3,5-6,8H,4H2,1-2H3,(H,10,13)/t6-,8+/m0/s1/i2D3. The average molecular weight is 214 g/mol. The molecule has 1 aromatic rings. The van der Waals surface area contributed by atoms with Gasteiger partial charge in [-0.2, -0.15) is 0 Å². The summed E-state index contributed by atoms with van der Waals surface area (Å²) in [6.07, 6.45) is 1.39. The van der Waals surface area contributed by atoms with Crippen LogP contribution in [0.15, 0.2) is 6.20 Å². The molecule has 2 heterocycles. The van der Waals surface area contributed by atoms with Crippen LogP contribution in [0.2, 0.25) is 0 Å². The zero-order valence-corrected chi connectivity index (χ0v) is 8.14. The quantitative estimate of drug-likeness (QED) is 0.725. The lowest BCUT2D eigenvalue weighted by molar-refractivity contribution is -0.140. The minimum atomic E-state index is -2.41. The van der Waals surface area contributed by atoms with E-state index < -0.39 is 6.98 Å². The molecule has 1 aliphatic rings. The molecule has 15 heavy (non-hydrogen) atoms. The van der Waals surface area contributed by atoms with Crippen LogP contribution in [0, 0.1) is 0 Å². The first kappa shape index (κ1) is 6.84. The minimum Gasteiger partial charge on any atom is -0.467 e. The Hall–Kier alpha value is -1.56. The summed E-state index contributed by atoms with van der Waals surface area (Å²) in [5, 5.41) is 6.17. The third-order valence-electron chi connectivity index (χ3n) is 2.20. The third kappa shape index (κ3) is 1.94. The summed E-state index contributed by atoms with van der Waals surface area (Å²) in [5.41, 5.74) is 0.222. The summed E-state index contributed by atoms with van der Waals surface area (Å²) in [7, 11) is 0. The number of hydrogen-bond acceptors (Lipinski definition) is 4. The van der Waals surface area contributed by atoms with E-state index in [1.807, 2.05) is 6.92 Å². The molecule has 0 radical (unpaired) electrons. The summed E-state index contributed by atoms with van der Waals surface area (Å²) in [6, 6.07) is 0. The Labute approximate surface area is 91.4 Å². The van der Waals surface area contributed by atoms with Gasteiger partial charge in [-0.15, -0.1) is 5.10 Å². The Morgan fingerprint density at radius 1 is 1.93 bits per heavy atom. The fraction of sp³-hybridized carbons (Fsp3) is 0.556. The number of amides is 1. The van der Waals surface area contributed by atoms with Gasteiger partial charge < -0.3 is 14.8 Å². The summed E-state index contributed by atoms with van der Waals surface area (Å²) in [6.45, 7) is -0.160. The molecule has 0 unspecified atom stereocenters. The highest BCUT2D eigenvalue weighted by atomic mass is 16.6. The van der Waals surface area contributed by atoms with Crippen LogP contribution >= 0.6 is 0 Å².